The molecule has 3 aromatic rings. The molecule has 0 atom stereocenters. The number of halogens is 2. The topological polar surface area (TPSA) is 71.3 Å². The Kier molecular flexibility index (Phi) is 6.22. The van der Waals surface area contributed by atoms with Crippen LogP contribution in [-0.4, -0.2) is 51.5 Å². The first kappa shape index (κ1) is 22.3. The monoisotopic (exact) mass is 471 g/mol. The van der Waals surface area contributed by atoms with Crippen LogP contribution < -0.4 is 10.6 Å². The van der Waals surface area contributed by atoms with Gasteiger partial charge in [-0.3, -0.25) is 4.79 Å². The largest absolute Gasteiger partial charge is 0.355 e. The summed E-state index contributed by atoms with van der Waals surface area (Å²) in [4.78, 5) is 37.8. The van der Waals surface area contributed by atoms with E-state index < -0.39 is 5.69 Å². The maximum Gasteiger partial charge on any atom is 0.355 e. The van der Waals surface area contributed by atoms with E-state index in [1.54, 1.807) is 11.0 Å². The first-order valence-electron chi connectivity index (χ1n) is 10.4. The lowest BCUT2D eigenvalue weighted by molar-refractivity contribution is -0.126. The van der Waals surface area contributed by atoms with Gasteiger partial charge < -0.3 is 9.80 Å². The van der Waals surface area contributed by atoms with E-state index in [4.69, 9.17) is 23.2 Å². The number of piperazine rings is 1. The molecule has 166 valence electrons. The summed E-state index contributed by atoms with van der Waals surface area (Å²) in [7, 11) is 0. The van der Waals surface area contributed by atoms with Crippen molar-refractivity contribution in [2.24, 2.45) is 0 Å². The zero-order valence-corrected chi connectivity index (χ0v) is 19.4. The van der Waals surface area contributed by atoms with Gasteiger partial charge in [0, 0.05) is 26.2 Å². The third-order valence-electron chi connectivity index (χ3n) is 5.62. The minimum Gasteiger partial charge on any atom is -0.352 e. The van der Waals surface area contributed by atoms with Crippen LogP contribution in [0, 0.1) is 0 Å². The van der Waals surface area contributed by atoms with Gasteiger partial charge in [0.2, 0.25) is 5.91 Å². The van der Waals surface area contributed by atoms with Crippen molar-refractivity contribution in [2.75, 3.05) is 31.1 Å². The van der Waals surface area contributed by atoms with Crippen molar-refractivity contribution in [3.63, 3.8) is 0 Å². The number of fused-ring (bicyclic) bond motifs is 1. The molecule has 9 heteroatoms. The average Bonchev–Trinajstić information content (AvgIpc) is 2.79. The number of para-hydroxylation sites is 1. The van der Waals surface area contributed by atoms with E-state index in [0.717, 1.165) is 5.56 Å². The van der Waals surface area contributed by atoms with Crippen LogP contribution in [0.25, 0.3) is 16.7 Å². The highest BCUT2D eigenvalue weighted by molar-refractivity contribution is 6.41. The van der Waals surface area contributed by atoms with Gasteiger partial charge in [0.1, 0.15) is 11.0 Å². The molecule has 2 aromatic heterocycles. The molecule has 0 bridgehead atoms. The molecule has 0 saturated carbocycles. The van der Waals surface area contributed by atoms with Crippen LogP contribution in [0.5, 0.6) is 0 Å². The van der Waals surface area contributed by atoms with Gasteiger partial charge >= 0.3 is 5.69 Å². The standard InChI is InChI=1S/C23H23Cl2N5O2/c1-4-19(31)28-9-11-29(12-10-28)21-16-13-17(24)20(25)26-22(16)30(23(32)27-21)18-8-6-5-7-15(18)14(2)3/h4-8,13-14H,1,9-12H2,2-3H3. The molecule has 0 spiro atoms. The van der Waals surface area contributed by atoms with E-state index >= 15 is 0 Å². The summed E-state index contributed by atoms with van der Waals surface area (Å²) >= 11 is 12.6. The molecule has 1 saturated heterocycles. The Hall–Kier alpha value is -2.90. The number of anilines is 1. The normalized spacial score (nSPS) is 14.3. The van der Waals surface area contributed by atoms with Crippen molar-refractivity contribution in [1.82, 2.24) is 19.4 Å². The zero-order valence-electron chi connectivity index (χ0n) is 17.9. The van der Waals surface area contributed by atoms with Crippen molar-refractivity contribution in [3.05, 3.63) is 69.2 Å². The number of hydrogen-bond donors (Lipinski definition) is 0. The highest BCUT2D eigenvalue weighted by Crippen LogP contribution is 2.32. The van der Waals surface area contributed by atoms with Gasteiger partial charge in [0.15, 0.2) is 5.65 Å². The van der Waals surface area contributed by atoms with Crippen LogP contribution in [0.1, 0.15) is 25.3 Å². The first-order chi connectivity index (χ1) is 15.3. The van der Waals surface area contributed by atoms with Crippen LogP contribution >= 0.6 is 23.2 Å². The predicted octanol–water partition coefficient (Wildman–Crippen LogP) is 4.05. The van der Waals surface area contributed by atoms with Crippen molar-refractivity contribution in [1.29, 1.82) is 0 Å². The molecule has 1 aliphatic heterocycles. The highest BCUT2D eigenvalue weighted by atomic mass is 35.5. The Balaban J connectivity index is 1.89. The summed E-state index contributed by atoms with van der Waals surface area (Å²) in [5, 5.41) is 1.03. The lowest BCUT2D eigenvalue weighted by atomic mass is 10.0. The summed E-state index contributed by atoms with van der Waals surface area (Å²) in [6.07, 6.45) is 1.31. The van der Waals surface area contributed by atoms with Gasteiger partial charge in [-0.15, -0.1) is 0 Å². The highest BCUT2D eigenvalue weighted by Gasteiger charge is 2.25. The number of hydrogen-bond acceptors (Lipinski definition) is 5. The molecular formula is C23H23Cl2N5O2. The molecule has 1 aliphatic rings. The van der Waals surface area contributed by atoms with Crippen LogP contribution in [-0.2, 0) is 4.79 Å². The summed E-state index contributed by atoms with van der Waals surface area (Å²) in [6.45, 7) is 9.72. The van der Waals surface area contributed by atoms with E-state index in [1.807, 2.05) is 29.2 Å². The molecular weight excluding hydrogens is 449 g/mol. The molecule has 3 heterocycles. The summed E-state index contributed by atoms with van der Waals surface area (Å²) in [6, 6.07) is 9.38. The Labute approximate surface area is 195 Å². The molecule has 32 heavy (non-hydrogen) atoms. The molecule has 1 fully saturated rings. The van der Waals surface area contributed by atoms with E-state index in [9.17, 15) is 9.59 Å². The maximum atomic E-state index is 13.3. The van der Waals surface area contributed by atoms with Gasteiger partial charge in [-0.2, -0.15) is 4.98 Å². The molecule has 0 unspecified atom stereocenters. The van der Waals surface area contributed by atoms with Crippen molar-refractivity contribution in [3.8, 4) is 5.69 Å². The zero-order chi connectivity index (χ0) is 23.0. The number of pyridine rings is 1. The lowest BCUT2D eigenvalue weighted by Crippen LogP contribution is -2.49. The Morgan fingerprint density at radius 1 is 1.12 bits per heavy atom. The van der Waals surface area contributed by atoms with Crippen LogP contribution in [0.2, 0.25) is 10.2 Å². The molecule has 7 nitrogen and oxygen atoms in total. The third kappa shape index (κ3) is 3.98. The average molecular weight is 472 g/mol. The SMILES string of the molecule is C=CC(=O)N1CCN(c2nc(=O)n(-c3ccccc3C(C)C)c3nc(Cl)c(Cl)cc23)CC1. The number of aromatic nitrogens is 3. The fourth-order valence-electron chi connectivity index (χ4n) is 3.99. The molecule has 0 aliphatic carbocycles. The minimum absolute atomic E-state index is 0.111. The van der Waals surface area contributed by atoms with Gasteiger partial charge in [0.25, 0.3) is 0 Å². The van der Waals surface area contributed by atoms with E-state index in [1.165, 1.54) is 10.6 Å². The number of nitrogens with zero attached hydrogens (tertiary/aromatic N) is 5. The first-order valence-corrected chi connectivity index (χ1v) is 11.1. The van der Waals surface area contributed by atoms with Crippen LogP contribution in [0.4, 0.5) is 5.82 Å². The molecule has 4 rings (SSSR count). The Morgan fingerprint density at radius 2 is 1.81 bits per heavy atom. The second-order valence-electron chi connectivity index (χ2n) is 7.92. The maximum absolute atomic E-state index is 13.3. The van der Waals surface area contributed by atoms with E-state index in [0.29, 0.717) is 48.7 Å². The second-order valence-corrected chi connectivity index (χ2v) is 8.68. The number of amides is 1. The molecule has 0 N–H and O–H groups in total. The third-order valence-corrected chi connectivity index (χ3v) is 6.30. The number of rotatable bonds is 4. The van der Waals surface area contributed by atoms with E-state index in [2.05, 4.69) is 30.4 Å². The summed E-state index contributed by atoms with van der Waals surface area (Å²) in [5.41, 5.74) is 1.65. The second kappa shape index (κ2) is 8.92. The Bertz CT molecular complexity index is 1260. The van der Waals surface area contributed by atoms with E-state index in [-0.39, 0.29) is 22.0 Å². The quantitative estimate of drug-likeness (QED) is 0.423. The van der Waals surface area contributed by atoms with Crippen molar-refractivity contribution >= 4 is 46.0 Å². The van der Waals surface area contributed by atoms with Gasteiger partial charge in [-0.05, 0) is 29.7 Å². The Morgan fingerprint density at radius 3 is 2.47 bits per heavy atom. The minimum atomic E-state index is -0.448. The van der Waals surface area contributed by atoms with Gasteiger partial charge in [0.05, 0.1) is 16.1 Å². The van der Waals surface area contributed by atoms with Crippen molar-refractivity contribution < 1.29 is 4.79 Å². The summed E-state index contributed by atoms with van der Waals surface area (Å²) < 4.78 is 1.49. The lowest BCUT2D eigenvalue weighted by Gasteiger charge is -2.35. The van der Waals surface area contributed by atoms with Crippen molar-refractivity contribution in [2.45, 2.75) is 19.8 Å². The van der Waals surface area contributed by atoms with Gasteiger partial charge in [-0.1, -0.05) is 61.8 Å². The fraction of sp³-hybridized carbons (Fsp3) is 0.304. The van der Waals surface area contributed by atoms with Gasteiger partial charge in [-0.25, -0.2) is 14.3 Å². The van der Waals surface area contributed by atoms with Crippen LogP contribution in [0.15, 0.2) is 47.8 Å². The smallest absolute Gasteiger partial charge is 0.352 e. The number of benzene rings is 1. The van der Waals surface area contributed by atoms with Crippen LogP contribution in [0.3, 0.4) is 0 Å². The fourth-order valence-corrected chi connectivity index (χ4v) is 4.28. The molecule has 1 amide bonds. The molecule has 1 aromatic carbocycles. The summed E-state index contributed by atoms with van der Waals surface area (Å²) in [5.74, 6) is 0.561. The predicted molar refractivity (Wildman–Crippen MR) is 128 cm³/mol. The number of carbonyl (C=O) groups is 1. The number of carbonyl (C=O) groups excluding carboxylic acids is 1. The molecule has 0 radical (unpaired) electrons.